The molecule has 4 rings (SSSR count). The van der Waals surface area contributed by atoms with Gasteiger partial charge >= 0.3 is 0 Å². The van der Waals surface area contributed by atoms with E-state index < -0.39 is 0 Å². The van der Waals surface area contributed by atoms with E-state index in [1.165, 1.54) is 5.69 Å². The zero-order valence-electron chi connectivity index (χ0n) is 14.0. The fraction of sp³-hybridized carbons (Fsp3) is 0.474. The van der Waals surface area contributed by atoms with Gasteiger partial charge in [-0.1, -0.05) is 6.92 Å². The van der Waals surface area contributed by atoms with Gasteiger partial charge in [-0.25, -0.2) is 0 Å². The normalized spacial score (nSPS) is 25.9. The highest BCUT2D eigenvalue weighted by Gasteiger charge is 2.42. The third-order valence-corrected chi connectivity index (χ3v) is 5.07. The largest absolute Gasteiger partial charge is 0.370 e. The van der Waals surface area contributed by atoms with Crippen molar-refractivity contribution in [1.82, 2.24) is 14.5 Å². The van der Waals surface area contributed by atoms with Crippen molar-refractivity contribution >= 4 is 5.91 Å². The van der Waals surface area contributed by atoms with Crippen LogP contribution in [0.1, 0.15) is 24.6 Å². The Balaban J connectivity index is 1.48. The maximum atomic E-state index is 12.7. The molecule has 3 atom stereocenters. The van der Waals surface area contributed by atoms with Crippen LogP contribution in [-0.2, 0) is 29.2 Å². The maximum Gasteiger partial charge on any atom is 0.226 e. The number of ether oxygens (including phenoxy) is 1. The van der Waals surface area contributed by atoms with Gasteiger partial charge in [0, 0.05) is 36.7 Å². The third kappa shape index (κ3) is 3.22. The van der Waals surface area contributed by atoms with Crippen molar-refractivity contribution < 1.29 is 9.53 Å². The van der Waals surface area contributed by atoms with Gasteiger partial charge in [0.15, 0.2) is 0 Å². The molecule has 5 nitrogen and oxygen atoms in total. The van der Waals surface area contributed by atoms with Crippen molar-refractivity contribution in [3.63, 3.8) is 0 Å². The van der Waals surface area contributed by atoms with Crippen molar-refractivity contribution in [1.29, 1.82) is 0 Å². The number of amides is 1. The standard InChI is InChI=1S/C19H23N3O2/c1-14-9-18(14)19(23)22-10-16-3-2-8-21(16)11-17(12-22)24-13-15-4-6-20-7-5-15/h2-8,14,17-18H,9-13H2,1H3/t14-,17-,18+/m1/s1. The molecule has 2 aromatic heterocycles. The lowest BCUT2D eigenvalue weighted by atomic mass is 10.2. The minimum atomic E-state index is 0.00446. The van der Waals surface area contributed by atoms with Crippen molar-refractivity contribution in [2.75, 3.05) is 6.54 Å². The molecule has 0 spiro atoms. The summed E-state index contributed by atoms with van der Waals surface area (Å²) in [4.78, 5) is 18.8. The summed E-state index contributed by atoms with van der Waals surface area (Å²) in [5.74, 6) is 1.03. The molecule has 5 heteroatoms. The molecule has 1 aliphatic heterocycles. The molecular formula is C19H23N3O2. The molecule has 2 aliphatic rings. The first-order chi connectivity index (χ1) is 11.7. The van der Waals surface area contributed by atoms with Gasteiger partial charge < -0.3 is 14.2 Å². The fourth-order valence-electron chi connectivity index (χ4n) is 3.42. The van der Waals surface area contributed by atoms with E-state index in [1.807, 2.05) is 23.1 Å². The topological polar surface area (TPSA) is 47.4 Å². The monoisotopic (exact) mass is 325 g/mol. The van der Waals surface area contributed by atoms with Gasteiger partial charge in [0.25, 0.3) is 0 Å². The summed E-state index contributed by atoms with van der Waals surface area (Å²) >= 11 is 0. The van der Waals surface area contributed by atoms with E-state index in [0.29, 0.717) is 25.6 Å². The second-order valence-electron chi connectivity index (χ2n) is 6.98. The van der Waals surface area contributed by atoms with Crippen LogP contribution >= 0.6 is 0 Å². The predicted molar refractivity (Wildman–Crippen MR) is 89.9 cm³/mol. The molecule has 0 bridgehead atoms. The number of nitrogens with zero attached hydrogens (tertiary/aromatic N) is 3. The van der Waals surface area contributed by atoms with Crippen LogP contribution in [0.3, 0.4) is 0 Å². The van der Waals surface area contributed by atoms with Gasteiger partial charge in [0.05, 0.1) is 25.8 Å². The molecule has 3 heterocycles. The van der Waals surface area contributed by atoms with Crippen LogP contribution in [-0.4, -0.2) is 33.0 Å². The summed E-state index contributed by atoms with van der Waals surface area (Å²) in [6.45, 7) is 4.84. The molecule has 1 amide bonds. The molecule has 2 aromatic rings. The molecular weight excluding hydrogens is 302 g/mol. The quantitative estimate of drug-likeness (QED) is 0.867. The smallest absolute Gasteiger partial charge is 0.226 e. The Morgan fingerprint density at radius 3 is 2.83 bits per heavy atom. The minimum Gasteiger partial charge on any atom is -0.370 e. The number of hydrogen-bond acceptors (Lipinski definition) is 3. The van der Waals surface area contributed by atoms with Crippen molar-refractivity contribution in [3.8, 4) is 0 Å². The number of aromatic nitrogens is 2. The van der Waals surface area contributed by atoms with E-state index >= 15 is 0 Å². The molecule has 0 unspecified atom stereocenters. The van der Waals surface area contributed by atoms with Crippen molar-refractivity contribution in [2.24, 2.45) is 11.8 Å². The van der Waals surface area contributed by atoms with Crippen LogP contribution < -0.4 is 0 Å². The Labute approximate surface area is 142 Å². The van der Waals surface area contributed by atoms with E-state index in [1.54, 1.807) is 12.4 Å². The van der Waals surface area contributed by atoms with E-state index in [9.17, 15) is 4.79 Å². The summed E-state index contributed by atoms with van der Waals surface area (Å²) in [7, 11) is 0. The SMILES string of the molecule is C[C@@H]1C[C@@H]1C(=O)N1Cc2cccn2C[C@@H](OCc2ccncc2)C1. The second kappa shape index (κ2) is 6.40. The van der Waals surface area contributed by atoms with Gasteiger partial charge in [0.1, 0.15) is 0 Å². The number of fused-ring (bicyclic) bond motifs is 1. The summed E-state index contributed by atoms with van der Waals surface area (Å²) in [6, 6.07) is 8.07. The molecule has 126 valence electrons. The van der Waals surface area contributed by atoms with Gasteiger partial charge in [-0.3, -0.25) is 9.78 Å². The first-order valence-corrected chi connectivity index (χ1v) is 8.64. The lowest BCUT2D eigenvalue weighted by molar-refractivity contribution is -0.135. The Morgan fingerprint density at radius 1 is 1.29 bits per heavy atom. The Hall–Kier alpha value is -2.14. The zero-order chi connectivity index (χ0) is 16.5. The number of carbonyl (C=O) groups excluding carboxylic acids is 1. The molecule has 1 aliphatic carbocycles. The first-order valence-electron chi connectivity index (χ1n) is 8.64. The molecule has 0 aromatic carbocycles. The van der Waals surface area contributed by atoms with Gasteiger partial charge in [-0.05, 0) is 42.2 Å². The molecule has 0 N–H and O–H groups in total. The Bertz CT molecular complexity index is 712. The van der Waals surface area contributed by atoms with Crippen LogP contribution in [0, 0.1) is 11.8 Å². The van der Waals surface area contributed by atoms with E-state index in [2.05, 4.69) is 28.7 Å². The molecule has 0 saturated heterocycles. The number of carbonyl (C=O) groups is 1. The van der Waals surface area contributed by atoms with Crippen molar-refractivity contribution in [2.45, 2.75) is 39.1 Å². The van der Waals surface area contributed by atoms with Crippen LogP contribution in [0.5, 0.6) is 0 Å². The van der Waals surface area contributed by atoms with Gasteiger partial charge in [0.2, 0.25) is 5.91 Å². The molecule has 24 heavy (non-hydrogen) atoms. The third-order valence-electron chi connectivity index (χ3n) is 5.07. The highest BCUT2D eigenvalue weighted by Crippen LogP contribution is 2.39. The van der Waals surface area contributed by atoms with E-state index in [0.717, 1.165) is 18.5 Å². The lowest BCUT2D eigenvalue weighted by Gasteiger charge is -2.24. The van der Waals surface area contributed by atoms with Crippen LogP contribution in [0.2, 0.25) is 0 Å². The van der Waals surface area contributed by atoms with Gasteiger partial charge in [-0.15, -0.1) is 0 Å². The highest BCUT2D eigenvalue weighted by molar-refractivity contribution is 5.81. The minimum absolute atomic E-state index is 0.00446. The lowest BCUT2D eigenvalue weighted by Crippen LogP contribution is -2.38. The van der Waals surface area contributed by atoms with Crippen LogP contribution in [0.15, 0.2) is 42.9 Å². The summed E-state index contributed by atoms with van der Waals surface area (Å²) in [5, 5.41) is 0. The highest BCUT2D eigenvalue weighted by atomic mass is 16.5. The molecule has 0 radical (unpaired) electrons. The van der Waals surface area contributed by atoms with Gasteiger partial charge in [-0.2, -0.15) is 0 Å². The second-order valence-corrected chi connectivity index (χ2v) is 6.98. The maximum absolute atomic E-state index is 12.7. The summed E-state index contributed by atoms with van der Waals surface area (Å²) in [5.41, 5.74) is 2.29. The average Bonchev–Trinajstić information content (AvgIpc) is 3.23. The Morgan fingerprint density at radius 2 is 2.08 bits per heavy atom. The molecule has 1 fully saturated rings. The predicted octanol–water partition coefficient (Wildman–Crippen LogP) is 2.47. The summed E-state index contributed by atoms with van der Waals surface area (Å²) < 4.78 is 8.35. The fourth-order valence-corrected chi connectivity index (χ4v) is 3.42. The van der Waals surface area contributed by atoms with Crippen LogP contribution in [0.4, 0.5) is 0 Å². The summed E-state index contributed by atoms with van der Waals surface area (Å²) in [6.07, 6.45) is 6.66. The van der Waals surface area contributed by atoms with Crippen LogP contribution in [0.25, 0.3) is 0 Å². The molecule has 1 saturated carbocycles. The van der Waals surface area contributed by atoms with Crippen molar-refractivity contribution in [3.05, 3.63) is 54.1 Å². The van der Waals surface area contributed by atoms with E-state index in [-0.39, 0.29) is 17.9 Å². The number of rotatable bonds is 4. The number of hydrogen-bond donors (Lipinski definition) is 0. The first kappa shape index (κ1) is 15.4. The number of pyridine rings is 1. The zero-order valence-corrected chi connectivity index (χ0v) is 14.0. The average molecular weight is 325 g/mol. The van der Waals surface area contributed by atoms with E-state index in [4.69, 9.17) is 4.74 Å². The Kier molecular flexibility index (Phi) is 4.10.